The second-order valence-electron chi connectivity index (χ2n) is 7.26. The van der Waals surface area contributed by atoms with E-state index in [1.807, 2.05) is 6.07 Å². The van der Waals surface area contributed by atoms with Crippen molar-refractivity contribution in [3.63, 3.8) is 0 Å². The molecule has 2 amide bonds. The van der Waals surface area contributed by atoms with Gasteiger partial charge in [0, 0.05) is 50.8 Å². The molecular weight excluding hydrogens is 423 g/mol. The number of hydrogen-bond acceptors (Lipinski definition) is 4. The van der Waals surface area contributed by atoms with Crippen LogP contribution in [0.4, 0.5) is 0 Å². The zero-order valence-corrected chi connectivity index (χ0v) is 18.3. The van der Waals surface area contributed by atoms with E-state index in [-0.39, 0.29) is 17.5 Å². The molecule has 8 heteroatoms. The molecule has 0 atom stereocenters. The highest BCUT2D eigenvalue weighted by molar-refractivity contribution is 6.36. The normalized spacial score (nSPS) is 15.0. The molecule has 0 spiro atoms. The lowest BCUT2D eigenvalue weighted by molar-refractivity contribution is -0.120. The molecule has 160 valence electrons. The molecule has 2 aromatic carbocycles. The van der Waals surface area contributed by atoms with Crippen LogP contribution in [-0.2, 0) is 11.3 Å². The second kappa shape index (κ2) is 11.3. The third kappa shape index (κ3) is 6.99. The SMILES string of the molecule is O=C(CNC(=O)c1ccc(Cl)cc1Cl)NCCN1CCN(Cc2ccccc2)CC1. The van der Waals surface area contributed by atoms with Crippen molar-refractivity contribution in [2.24, 2.45) is 0 Å². The van der Waals surface area contributed by atoms with Crippen LogP contribution in [0.15, 0.2) is 48.5 Å². The Labute approximate surface area is 187 Å². The molecule has 0 saturated carbocycles. The summed E-state index contributed by atoms with van der Waals surface area (Å²) in [5.41, 5.74) is 1.63. The van der Waals surface area contributed by atoms with Crippen molar-refractivity contribution in [2.45, 2.75) is 6.54 Å². The lowest BCUT2D eigenvalue weighted by Crippen LogP contribution is -2.48. The highest BCUT2D eigenvalue weighted by Crippen LogP contribution is 2.20. The Balaban J connectivity index is 1.30. The predicted octanol–water partition coefficient (Wildman–Crippen LogP) is 2.66. The first-order valence-electron chi connectivity index (χ1n) is 10.00. The molecule has 1 saturated heterocycles. The minimum absolute atomic E-state index is 0.0946. The van der Waals surface area contributed by atoms with Gasteiger partial charge in [0.25, 0.3) is 5.91 Å². The third-order valence-electron chi connectivity index (χ3n) is 5.05. The molecule has 0 aliphatic carbocycles. The van der Waals surface area contributed by atoms with Gasteiger partial charge in [-0.1, -0.05) is 53.5 Å². The average Bonchev–Trinajstić information content (AvgIpc) is 2.74. The Morgan fingerprint density at radius 2 is 1.60 bits per heavy atom. The topological polar surface area (TPSA) is 64.7 Å². The maximum absolute atomic E-state index is 12.1. The Hall–Kier alpha value is -2.12. The summed E-state index contributed by atoms with van der Waals surface area (Å²) in [5, 5.41) is 6.14. The standard InChI is InChI=1S/C22H26Cl2N4O2/c23-18-6-7-19(20(24)14-18)22(30)26-15-21(29)25-8-9-27-10-12-28(13-11-27)16-17-4-2-1-3-5-17/h1-7,14H,8-13,15-16H2,(H,25,29)(H,26,30). The van der Waals surface area contributed by atoms with E-state index in [1.54, 1.807) is 6.07 Å². The summed E-state index contributed by atoms with van der Waals surface area (Å²) >= 11 is 11.8. The summed E-state index contributed by atoms with van der Waals surface area (Å²) in [7, 11) is 0. The van der Waals surface area contributed by atoms with E-state index in [1.165, 1.54) is 17.7 Å². The highest BCUT2D eigenvalue weighted by atomic mass is 35.5. The van der Waals surface area contributed by atoms with Crippen LogP contribution in [0.3, 0.4) is 0 Å². The first-order chi connectivity index (χ1) is 14.5. The molecule has 0 unspecified atom stereocenters. The molecule has 30 heavy (non-hydrogen) atoms. The van der Waals surface area contributed by atoms with Gasteiger partial charge < -0.3 is 10.6 Å². The van der Waals surface area contributed by atoms with E-state index >= 15 is 0 Å². The van der Waals surface area contributed by atoms with Gasteiger partial charge in [-0.3, -0.25) is 19.4 Å². The smallest absolute Gasteiger partial charge is 0.253 e. The van der Waals surface area contributed by atoms with Crippen LogP contribution < -0.4 is 10.6 Å². The van der Waals surface area contributed by atoms with Gasteiger partial charge in [0.1, 0.15) is 0 Å². The Morgan fingerprint density at radius 3 is 2.30 bits per heavy atom. The number of carbonyl (C=O) groups is 2. The van der Waals surface area contributed by atoms with Crippen LogP contribution in [0.2, 0.25) is 10.0 Å². The van der Waals surface area contributed by atoms with E-state index < -0.39 is 5.91 Å². The number of nitrogens with zero attached hydrogens (tertiary/aromatic N) is 2. The van der Waals surface area contributed by atoms with Crippen molar-refractivity contribution >= 4 is 35.0 Å². The van der Waals surface area contributed by atoms with E-state index in [0.717, 1.165) is 39.3 Å². The quantitative estimate of drug-likeness (QED) is 0.651. The van der Waals surface area contributed by atoms with Gasteiger partial charge in [-0.05, 0) is 23.8 Å². The van der Waals surface area contributed by atoms with Gasteiger partial charge in [-0.15, -0.1) is 0 Å². The van der Waals surface area contributed by atoms with Gasteiger partial charge in [0.15, 0.2) is 0 Å². The molecule has 0 bridgehead atoms. The fraction of sp³-hybridized carbons (Fsp3) is 0.364. The minimum Gasteiger partial charge on any atom is -0.353 e. The van der Waals surface area contributed by atoms with Crippen molar-refractivity contribution < 1.29 is 9.59 Å². The summed E-state index contributed by atoms with van der Waals surface area (Å²) in [6.45, 7) is 6.22. The predicted molar refractivity (Wildman–Crippen MR) is 120 cm³/mol. The molecule has 1 heterocycles. The lowest BCUT2D eigenvalue weighted by atomic mass is 10.2. The number of halogens is 2. The molecule has 2 aromatic rings. The molecule has 6 nitrogen and oxygen atoms in total. The lowest BCUT2D eigenvalue weighted by Gasteiger charge is -2.34. The number of benzene rings is 2. The van der Waals surface area contributed by atoms with Crippen molar-refractivity contribution in [3.8, 4) is 0 Å². The fourth-order valence-corrected chi connectivity index (χ4v) is 3.85. The maximum Gasteiger partial charge on any atom is 0.253 e. The van der Waals surface area contributed by atoms with E-state index in [4.69, 9.17) is 23.2 Å². The van der Waals surface area contributed by atoms with Crippen LogP contribution in [0.25, 0.3) is 0 Å². The van der Waals surface area contributed by atoms with E-state index in [0.29, 0.717) is 17.1 Å². The summed E-state index contributed by atoms with van der Waals surface area (Å²) in [5.74, 6) is -0.627. The number of nitrogens with one attached hydrogen (secondary N) is 2. The number of carbonyl (C=O) groups excluding carboxylic acids is 2. The summed E-state index contributed by atoms with van der Waals surface area (Å²) in [6.07, 6.45) is 0. The molecule has 3 rings (SSSR count). The molecule has 1 aliphatic heterocycles. The number of rotatable bonds is 8. The Morgan fingerprint density at radius 1 is 0.900 bits per heavy atom. The zero-order valence-electron chi connectivity index (χ0n) is 16.7. The number of hydrogen-bond donors (Lipinski definition) is 2. The van der Waals surface area contributed by atoms with Crippen LogP contribution in [0.1, 0.15) is 15.9 Å². The highest BCUT2D eigenvalue weighted by Gasteiger charge is 2.17. The molecule has 1 fully saturated rings. The van der Waals surface area contributed by atoms with Crippen LogP contribution >= 0.6 is 23.2 Å². The second-order valence-corrected chi connectivity index (χ2v) is 8.10. The van der Waals surface area contributed by atoms with Crippen LogP contribution in [0, 0.1) is 0 Å². The van der Waals surface area contributed by atoms with Crippen LogP contribution in [-0.4, -0.2) is 67.4 Å². The largest absolute Gasteiger partial charge is 0.353 e. The van der Waals surface area contributed by atoms with Crippen molar-refractivity contribution in [1.82, 2.24) is 20.4 Å². The van der Waals surface area contributed by atoms with Crippen molar-refractivity contribution in [2.75, 3.05) is 45.8 Å². The van der Waals surface area contributed by atoms with Crippen molar-refractivity contribution in [3.05, 3.63) is 69.7 Å². The average molecular weight is 449 g/mol. The zero-order chi connectivity index (χ0) is 21.3. The van der Waals surface area contributed by atoms with Gasteiger partial charge in [0.05, 0.1) is 17.1 Å². The van der Waals surface area contributed by atoms with Gasteiger partial charge in [0.2, 0.25) is 5.91 Å². The first-order valence-corrected chi connectivity index (χ1v) is 10.8. The maximum atomic E-state index is 12.1. The van der Waals surface area contributed by atoms with Gasteiger partial charge in [-0.25, -0.2) is 0 Å². The Bertz CT molecular complexity index is 855. The molecule has 0 radical (unpaired) electrons. The van der Waals surface area contributed by atoms with Crippen LogP contribution in [0.5, 0.6) is 0 Å². The van der Waals surface area contributed by atoms with Crippen molar-refractivity contribution in [1.29, 1.82) is 0 Å². The van der Waals surface area contributed by atoms with E-state index in [9.17, 15) is 9.59 Å². The fourth-order valence-electron chi connectivity index (χ4n) is 3.36. The minimum atomic E-state index is -0.402. The summed E-state index contributed by atoms with van der Waals surface area (Å²) in [4.78, 5) is 28.9. The summed E-state index contributed by atoms with van der Waals surface area (Å²) < 4.78 is 0. The molecular formula is C22H26Cl2N4O2. The van der Waals surface area contributed by atoms with Gasteiger partial charge in [-0.2, -0.15) is 0 Å². The Kier molecular flexibility index (Phi) is 8.51. The van der Waals surface area contributed by atoms with E-state index in [2.05, 4.69) is 44.7 Å². The molecule has 0 aromatic heterocycles. The number of piperazine rings is 1. The number of amides is 2. The third-order valence-corrected chi connectivity index (χ3v) is 5.60. The molecule has 2 N–H and O–H groups in total. The monoisotopic (exact) mass is 448 g/mol. The first kappa shape index (κ1) is 22.6. The molecule has 1 aliphatic rings. The summed E-state index contributed by atoms with van der Waals surface area (Å²) in [6, 6.07) is 15.1. The van der Waals surface area contributed by atoms with Gasteiger partial charge >= 0.3 is 0 Å².